The summed E-state index contributed by atoms with van der Waals surface area (Å²) in [5.74, 6) is 0. The molecule has 0 radical (unpaired) electrons. The lowest BCUT2D eigenvalue weighted by Crippen LogP contribution is -2.18. The standard InChI is InChI=1S/C11H16BrNO/c1-8-3-4-10(7-13-5-6-14)9(2)11(8)12/h3-4,13-14H,5-7H2,1-2H3. The molecule has 2 nitrogen and oxygen atoms in total. The van der Waals surface area contributed by atoms with E-state index in [9.17, 15) is 0 Å². The van der Waals surface area contributed by atoms with Gasteiger partial charge < -0.3 is 10.4 Å². The van der Waals surface area contributed by atoms with Gasteiger partial charge in [-0.3, -0.25) is 0 Å². The Kier molecular flexibility index (Phi) is 4.58. The number of halogens is 1. The van der Waals surface area contributed by atoms with Crippen molar-refractivity contribution in [3.05, 3.63) is 33.3 Å². The average molecular weight is 258 g/mol. The van der Waals surface area contributed by atoms with Crippen LogP contribution in [0.15, 0.2) is 16.6 Å². The van der Waals surface area contributed by atoms with Crippen molar-refractivity contribution >= 4 is 15.9 Å². The molecule has 0 heterocycles. The molecule has 0 aliphatic rings. The Morgan fingerprint density at radius 3 is 2.71 bits per heavy atom. The number of aliphatic hydroxyl groups is 1. The van der Waals surface area contributed by atoms with Gasteiger partial charge in [-0.25, -0.2) is 0 Å². The zero-order chi connectivity index (χ0) is 10.6. The highest BCUT2D eigenvalue weighted by Gasteiger charge is 2.03. The molecule has 1 aromatic carbocycles. The summed E-state index contributed by atoms with van der Waals surface area (Å²) in [5.41, 5.74) is 3.81. The van der Waals surface area contributed by atoms with Crippen molar-refractivity contribution in [2.75, 3.05) is 13.2 Å². The maximum atomic E-state index is 8.64. The van der Waals surface area contributed by atoms with Crippen LogP contribution in [0.3, 0.4) is 0 Å². The number of rotatable bonds is 4. The van der Waals surface area contributed by atoms with Crippen LogP contribution in [0.1, 0.15) is 16.7 Å². The molecule has 0 aliphatic carbocycles. The van der Waals surface area contributed by atoms with Crippen LogP contribution in [-0.4, -0.2) is 18.3 Å². The summed E-state index contributed by atoms with van der Waals surface area (Å²) in [5, 5.41) is 11.8. The molecular weight excluding hydrogens is 242 g/mol. The molecule has 14 heavy (non-hydrogen) atoms. The summed E-state index contributed by atoms with van der Waals surface area (Å²) in [7, 11) is 0. The average Bonchev–Trinajstić information content (AvgIpc) is 2.18. The number of aliphatic hydroxyl groups excluding tert-OH is 1. The molecule has 0 spiro atoms. The van der Waals surface area contributed by atoms with Gasteiger partial charge in [0.25, 0.3) is 0 Å². The Hall–Kier alpha value is -0.380. The molecule has 0 unspecified atom stereocenters. The molecule has 0 bridgehead atoms. The van der Waals surface area contributed by atoms with Gasteiger partial charge in [0, 0.05) is 17.6 Å². The van der Waals surface area contributed by atoms with Crippen LogP contribution >= 0.6 is 15.9 Å². The van der Waals surface area contributed by atoms with E-state index < -0.39 is 0 Å². The van der Waals surface area contributed by atoms with E-state index >= 15 is 0 Å². The Morgan fingerprint density at radius 1 is 1.36 bits per heavy atom. The molecule has 0 amide bonds. The molecule has 1 aromatic rings. The van der Waals surface area contributed by atoms with E-state index in [-0.39, 0.29) is 6.61 Å². The maximum Gasteiger partial charge on any atom is 0.0556 e. The monoisotopic (exact) mass is 257 g/mol. The largest absolute Gasteiger partial charge is 0.395 e. The number of aryl methyl sites for hydroxylation is 1. The molecule has 3 heteroatoms. The van der Waals surface area contributed by atoms with Crippen LogP contribution in [0.25, 0.3) is 0 Å². The molecule has 0 atom stereocenters. The fourth-order valence-electron chi connectivity index (χ4n) is 1.35. The van der Waals surface area contributed by atoms with E-state index in [1.165, 1.54) is 21.2 Å². The zero-order valence-electron chi connectivity index (χ0n) is 8.60. The predicted octanol–water partition coefficient (Wildman–Crippen LogP) is 2.15. The van der Waals surface area contributed by atoms with Crippen molar-refractivity contribution in [3.8, 4) is 0 Å². The first-order chi connectivity index (χ1) is 6.66. The van der Waals surface area contributed by atoms with Crippen LogP contribution in [0.5, 0.6) is 0 Å². The normalized spacial score (nSPS) is 10.6. The topological polar surface area (TPSA) is 32.3 Å². The SMILES string of the molecule is Cc1ccc(CNCCO)c(C)c1Br. The smallest absolute Gasteiger partial charge is 0.0556 e. The lowest BCUT2D eigenvalue weighted by atomic mass is 10.1. The summed E-state index contributed by atoms with van der Waals surface area (Å²) in [6.45, 7) is 5.83. The van der Waals surface area contributed by atoms with E-state index in [1.807, 2.05) is 0 Å². The molecule has 0 saturated heterocycles. The molecular formula is C11H16BrNO. The summed E-state index contributed by atoms with van der Waals surface area (Å²) in [6, 6.07) is 4.23. The number of hydrogen-bond donors (Lipinski definition) is 2. The van der Waals surface area contributed by atoms with E-state index in [0.717, 1.165) is 6.54 Å². The third-order valence-corrected chi connectivity index (χ3v) is 3.52. The Balaban J connectivity index is 2.73. The summed E-state index contributed by atoms with van der Waals surface area (Å²) < 4.78 is 1.18. The highest BCUT2D eigenvalue weighted by Crippen LogP contribution is 2.23. The van der Waals surface area contributed by atoms with Gasteiger partial charge in [0.2, 0.25) is 0 Å². The summed E-state index contributed by atoms with van der Waals surface area (Å²) in [6.07, 6.45) is 0. The van der Waals surface area contributed by atoms with Gasteiger partial charge >= 0.3 is 0 Å². The minimum Gasteiger partial charge on any atom is -0.395 e. The van der Waals surface area contributed by atoms with Crippen molar-refractivity contribution in [1.82, 2.24) is 5.32 Å². The second kappa shape index (κ2) is 5.49. The molecule has 0 aromatic heterocycles. The van der Waals surface area contributed by atoms with E-state index in [4.69, 9.17) is 5.11 Å². The molecule has 0 fully saturated rings. The van der Waals surface area contributed by atoms with E-state index in [2.05, 4.69) is 47.2 Å². The number of benzene rings is 1. The van der Waals surface area contributed by atoms with Crippen molar-refractivity contribution in [1.29, 1.82) is 0 Å². The molecule has 0 aliphatic heterocycles. The van der Waals surface area contributed by atoms with Crippen LogP contribution in [0.4, 0.5) is 0 Å². The van der Waals surface area contributed by atoms with Crippen molar-refractivity contribution in [3.63, 3.8) is 0 Å². The van der Waals surface area contributed by atoms with Crippen LogP contribution in [-0.2, 0) is 6.54 Å². The van der Waals surface area contributed by atoms with Crippen molar-refractivity contribution in [2.45, 2.75) is 20.4 Å². The number of hydrogen-bond acceptors (Lipinski definition) is 2. The summed E-state index contributed by atoms with van der Waals surface area (Å²) >= 11 is 3.56. The van der Waals surface area contributed by atoms with Crippen LogP contribution in [0, 0.1) is 13.8 Å². The first kappa shape index (κ1) is 11.7. The van der Waals surface area contributed by atoms with Crippen molar-refractivity contribution in [2.24, 2.45) is 0 Å². The third-order valence-electron chi connectivity index (χ3n) is 2.30. The van der Waals surface area contributed by atoms with Gasteiger partial charge in [0.05, 0.1) is 6.61 Å². The Labute approximate surface area is 93.5 Å². The predicted molar refractivity (Wildman–Crippen MR) is 62.4 cm³/mol. The first-order valence-corrected chi connectivity index (χ1v) is 5.52. The quantitative estimate of drug-likeness (QED) is 0.811. The minimum atomic E-state index is 0.187. The highest BCUT2D eigenvalue weighted by atomic mass is 79.9. The maximum absolute atomic E-state index is 8.64. The fraction of sp³-hybridized carbons (Fsp3) is 0.455. The van der Waals surface area contributed by atoms with E-state index in [0.29, 0.717) is 6.54 Å². The van der Waals surface area contributed by atoms with Gasteiger partial charge in [-0.15, -0.1) is 0 Å². The van der Waals surface area contributed by atoms with E-state index in [1.54, 1.807) is 0 Å². The number of nitrogens with one attached hydrogen (secondary N) is 1. The van der Waals surface area contributed by atoms with Gasteiger partial charge in [-0.05, 0) is 30.5 Å². The third kappa shape index (κ3) is 2.80. The molecule has 0 saturated carbocycles. The molecule has 2 N–H and O–H groups in total. The minimum absolute atomic E-state index is 0.187. The van der Waals surface area contributed by atoms with Crippen molar-refractivity contribution < 1.29 is 5.11 Å². The molecule has 1 rings (SSSR count). The van der Waals surface area contributed by atoms with Crippen LogP contribution < -0.4 is 5.32 Å². The van der Waals surface area contributed by atoms with Gasteiger partial charge in [-0.2, -0.15) is 0 Å². The second-order valence-electron chi connectivity index (χ2n) is 3.38. The fourth-order valence-corrected chi connectivity index (χ4v) is 1.74. The van der Waals surface area contributed by atoms with Gasteiger partial charge in [0.1, 0.15) is 0 Å². The Bertz CT molecular complexity index is 312. The lowest BCUT2D eigenvalue weighted by molar-refractivity contribution is 0.292. The molecule has 78 valence electrons. The van der Waals surface area contributed by atoms with Gasteiger partial charge in [0.15, 0.2) is 0 Å². The Morgan fingerprint density at radius 2 is 2.07 bits per heavy atom. The van der Waals surface area contributed by atoms with Crippen LogP contribution in [0.2, 0.25) is 0 Å². The summed E-state index contributed by atoms with van der Waals surface area (Å²) in [4.78, 5) is 0. The first-order valence-electron chi connectivity index (χ1n) is 4.73. The zero-order valence-corrected chi connectivity index (χ0v) is 10.2. The lowest BCUT2D eigenvalue weighted by Gasteiger charge is -2.10. The van der Waals surface area contributed by atoms with Gasteiger partial charge in [-0.1, -0.05) is 28.1 Å². The highest BCUT2D eigenvalue weighted by molar-refractivity contribution is 9.10. The second-order valence-corrected chi connectivity index (χ2v) is 4.17.